The largest absolute Gasteiger partial charge is 0.493 e. The van der Waals surface area contributed by atoms with Crippen LogP contribution >= 0.6 is 11.8 Å². The lowest BCUT2D eigenvalue weighted by molar-refractivity contribution is 0.343. The monoisotopic (exact) mass is 393 g/mol. The summed E-state index contributed by atoms with van der Waals surface area (Å²) in [7, 11) is -2.95. The van der Waals surface area contributed by atoms with Crippen molar-refractivity contribution in [2.75, 3.05) is 23.9 Å². The Morgan fingerprint density at radius 2 is 2.12 bits per heavy atom. The number of sulfone groups is 1. The fraction of sp³-hybridized carbons (Fsp3) is 0.444. The lowest BCUT2D eigenvalue weighted by Gasteiger charge is -2.11. The van der Waals surface area contributed by atoms with E-state index in [1.807, 2.05) is 35.8 Å². The molecule has 0 amide bonds. The number of aromatic nitrogens is 3. The van der Waals surface area contributed by atoms with Gasteiger partial charge >= 0.3 is 0 Å². The van der Waals surface area contributed by atoms with E-state index < -0.39 is 9.84 Å². The van der Waals surface area contributed by atoms with Crippen LogP contribution in [0.5, 0.6) is 5.75 Å². The van der Waals surface area contributed by atoms with Crippen molar-refractivity contribution in [3.8, 4) is 5.75 Å². The summed E-state index contributed by atoms with van der Waals surface area (Å²) >= 11 is 1.56. The van der Waals surface area contributed by atoms with Crippen LogP contribution in [0, 0.1) is 6.92 Å². The van der Waals surface area contributed by atoms with Crippen LogP contribution in [0.1, 0.15) is 23.7 Å². The van der Waals surface area contributed by atoms with E-state index in [0.717, 1.165) is 22.5 Å². The quantitative estimate of drug-likeness (QED) is 0.390. The second kappa shape index (κ2) is 8.26. The van der Waals surface area contributed by atoms with Crippen LogP contribution in [0.4, 0.5) is 0 Å². The molecule has 0 N–H and O–H groups in total. The molecular weight excluding hydrogens is 370 g/mol. The minimum atomic E-state index is -2.95. The Morgan fingerprint density at radius 3 is 2.77 bits per heavy atom. The van der Waals surface area contributed by atoms with Gasteiger partial charge in [0.2, 0.25) is 0 Å². The molecule has 0 bridgehead atoms. The molecule has 8 heteroatoms. The minimum absolute atomic E-state index is 0.0781. The topological polar surface area (TPSA) is 74.1 Å². The summed E-state index contributed by atoms with van der Waals surface area (Å²) in [4.78, 5) is 0. The van der Waals surface area contributed by atoms with Gasteiger partial charge in [0.1, 0.15) is 11.6 Å². The maximum Gasteiger partial charge on any atom is 0.191 e. The van der Waals surface area contributed by atoms with E-state index >= 15 is 0 Å². The van der Waals surface area contributed by atoms with Crippen molar-refractivity contribution in [1.29, 1.82) is 0 Å². The van der Waals surface area contributed by atoms with Gasteiger partial charge in [-0.15, -0.1) is 16.8 Å². The molecular formula is C18H23N3O3S2. The highest BCUT2D eigenvalue weighted by Gasteiger charge is 2.33. The van der Waals surface area contributed by atoms with E-state index in [9.17, 15) is 8.42 Å². The summed E-state index contributed by atoms with van der Waals surface area (Å²) in [5.41, 5.74) is 1.20. The molecule has 3 rings (SSSR count). The molecule has 0 saturated carbocycles. The number of benzene rings is 1. The van der Waals surface area contributed by atoms with E-state index in [1.54, 1.807) is 17.8 Å². The van der Waals surface area contributed by atoms with E-state index in [4.69, 9.17) is 4.74 Å². The van der Waals surface area contributed by atoms with Crippen LogP contribution in [0.15, 0.2) is 42.1 Å². The van der Waals surface area contributed by atoms with Crippen molar-refractivity contribution < 1.29 is 13.2 Å². The Kier molecular flexibility index (Phi) is 6.03. The minimum Gasteiger partial charge on any atom is -0.493 e. The smallest absolute Gasteiger partial charge is 0.191 e. The number of rotatable bonds is 8. The van der Waals surface area contributed by atoms with Crippen LogP contribution in [0.3, 0.4) is 0 Å². The Hall–Kier alpha value is -1.80. The normalized spacial score (nSPS) is 18.7. The number of ether oxygens (including phenoxy) is 1. The van der Waals surface area contributed by atoms with Gasteiger partial charge in [0.05, 0.1) is 18.1 Å². The molecule has 1 aliphatic rings. The van der Waals surface area contributed by atoms with Gasteiger partial charge in [-0.05, 0) is 25.5 Å². The standard InChI is InChI=1S/C18H23N3O3S2/c1-3-9-21-17(15-8-12-26(22,23)13-15)19-20-18(21)25-11-10-24-16-6-4-14(2)5-7-16/h3-7,15H,1,8-13H2,2H3. The van der Waals surface area contributed by atoms with Gasteiger partial charge < -0.3 is 9.30 Å². The van der Waals surface area contributed by atoms with E-state index in [2.05, 4.69) is 16.8 Å². The summed E-state index contributed by atoms with van der Waals surface area (Å²) in [6.07, 6.45) is 2.39. The second-order valence-corrected chi connectivity index (χ2v) is 9.64. The SMILES string of the molecule is C=CCn1c(SCCOc2ccc(C)cc2)nnc1C1CCS(=O)(=O)C1. The first-order chi connectivity index (χ1) is 12.5. The zero-order valence-corrected chi connectivity index (χ0v) is 16.4. The summed E-state index contributed by atoms with van der Waals surface area (Å²) in [6.45, 7) is 6.96. The predicted octanol–water partition coefficient (Wildman–Crippen LogP) is 2.85. The fourth-order valence-electron chi connectivity index (χ4n) is 2.94. The average Bonchev–Trinajstić information content (AvgIpc) is 3.17. The zero-order valence-electron chi connectivity index (χ0n) is 14.8. The van der Waals surface area contributed by atoms with Gasteiger partial charge in [-0.1, -0.05) is 35.5 Å². The van der Waals surface area contributed by atoms with Crippen molar-refractivity contribution in [3.63, 3.8) is 0 Å². The van der Waals surface area contributed by atoms with Crippen molar-refractivity contribution in [3.05, 3.63) is 48.3 Å². The number of thioether (sulfide) groups is 1. The Morgan fingerprint density at radius 1 is 1.35 bits per heavy atom. The summed E-state index contributed by atoms with van der Waals surface area (Å²) in [5, 5.41) is 9.30. The molecule has 1 atom stereocenters. The van der Waals surface area contributed by atoms with Gasteiger partial charge in [-0.3, -0.25) is 0 Å². The third-order valence-electron chi connectivity index (χ3n) is 4.26. The summed E-state index contributed by atoms with van der Waals surface area (Å²) in [5.74, 6) is 2.63. The molecule has 1 unspecified atom stereocenters. The molecule has 2 aromatic rings. The number of aryl methyl sites for hydroxylation is 1. The molecule has 1 aliphatic heterocycles. The highest BCUT2D eigenvalue weighted by Crippen LogP contribution is 2.30. The van der Waals surface area contributed by atoms with Gasteiger partial charge in [-0.2, -0.15) is 0 Å². The number of hydrogen-bond donors (Lipinski definition) is 0. The highest BCUT2D eigenvalue weighted by molar-refractivity contribution is 7.99. The van der Waals surface area contributed by atoms with Gasteiger partial charge in [-0.25, -0.2) is 8.42 Å². The molecule has 26 heavy (non-hydrogen) atoms. The van der Waals surface area contributed by atoms with E-state index in [0.29, 0.717) is 19.6 Å². The molecule has 0 spiro atoms. The molecule has 1 aromatic heterocycles. The molecule has 1 aromatic carbocycles. The first-order valence-electron chi connectivity index (χ1n) is 8.55. The van der Waals surface area contributed by atoms with E-state index in [-0.39, 0.29) is 17.4 Å². The first-order valence-corrected chi connectivity index (χ1v) is 11.4. The molecule has 1 saturated heterocycles. The van der Waals surface area contributed by atoms with Crippen molar-refractivity contribution in [1.82, 2.24) is 14.8 Å². The number of nitrogens with zero attached hydrogens (tertiary/aromatic N) is 3. The second-order valence-electron chi connectivity index (χ2n) is 6.35. The van der Waals surface area contributed by atoms with Crippen molar-refractivity contribution >= 4 is 21.6 Å². The summed E-state index contributed by atoms with van der Waals surface area (Å²) < 4.78 is 31.2. The Balaban J connectivity index is 1.60. The molecule has 2 heterocycles. The molecule has 1 fully saturated rings. The third kappa shape index (κ3) is 4.67. The van der Waals surface area contributed by atoms with Crippen LogP contribution in [0.25, 0.3) is 0 Å². The van der Waals surface area contributed by atoms with Gasteiger partial charge in [0.15, 0.2) is 15.0 Å². The average molecular weight is 394 g/mol. The Labute approximate surface area is 158 Å². The van der Waals surface area contributed by atoms with Crippen molar-refractivity contribution in [2.24, 2.45) is 0 Å². The lowest BCUT2D eigenvalue weighted by atomic mass is 10.1. The van der Waals surface area contributed by atoms with Crippen LogP contribution in [-0.4, -0.2) is 47.0 Å². The van der Waals surface area contributed by atoms with Gasteiger partial charge in [0.25, 0.3) is 0 Å². The highest BCUT2D eigenvalue weighted by atomic mass is 32.2. The third-order valence-corrected chi connectivity index (χ3v) is 6.96. The fourth-order valence-corrected chi connectivity index (χ4v) is 5.45. The Bertz CT molecular complexity index is 860. The maximum absolute atomic E-state index is 11.8. The molecule has 6 nitrogen and oxygen atoms in total. The van der Waals surface area contributed by atoms with Crippen molar-refractivity contribution in [2.45, 2.75) is 31.0 Å². The van der Waals surface area contributed by atoms with Gasteiger partial charge in [0, 0.05) is 18.2 Å². The molecule has 0 radical (unpaired) electrons. The number of hydrogen-bond acceptors (Lipinski definition) is 6. The lowest BCUT2D eigenvalue weighted by Crippen LogP contribution is -2.11. The first kappa shape index (κ1) is 19.0. The van der Waals surface area contributed by atoms with Crippen LogP contribution in [-0.2, 0) is 16.4 Å². The number of allylic oxidation sites excluding steroid dienone is 1. The molecule has 0 aliphatic carbocycles. The molecule has 140 valence electrons. The van der Waals surface area contributed by atoms with Crippen LogP contribution < -0.4 is 4.74 Å². The summed E-state index contributed by atoms with van der Waals surface area (Å²) in [6, 6.07) is 7.95. The van der Waals surface area contributed by atoms with Crippen LogP contribution in [0.2, 0.25) is 0 Å². The predicted molar refractivity (Wildman–Crippen MR) is 104 cm³/mol. The van der Waals surface area contributed by atoms with E-state index in [1.165, 1.54) is 5.56 Å². The zero-order chi connectivity index (χ0) is 18.6. The maximum atomic E-state index is 11.8.